The van der Waals surface area contributed by atoms with Crippen molar-refractivity contribution in [3.63, 3.8) is 0 Å². The molecule has 2 N–H and O–H groups in total. The summed E-state index contributed by atoms with van der Waals surface area (Å²) >= 11 is 1.64. The summed E-state index contributed by atoms with van der Waals surface area (Å²) in [4.78, 5) is 8.19. The van der Waals surface area contributed by atoms with Crippen LogP contribution in [0.5, 0.6) is 0 Å². The smallest absolute Gasteiger partial charge is 0.236 e. The second-order valence-corrected chi connectivity index (χ2v) is 8.42. The van der Waals surface area contributed by atoms with E-state index in [1.54, 1.807) is 11.3 Å². The summed E-state index contributed by atoms with van der Waals surface area (Å²) in [7, 11) is 0. The van der Waals surface area contributed by atoms with Crippen molar-refractivity contribution in [2.45, 2.75) is 25.2 Å². The van der Waals surface area contributed by atoms with E-state index in [0.717, 1.165) is 49.1 Å². The van der Waals surface area contributed by atoms with E-state index in [1.165, 1.54) is 0 Å². The molecule has 2 bridgehead atoms. The van der Waals surface area contributed by atoms with Crippen LogP contribution in [-0.2, 0) is 11.3 Å². The summed E-state index contributed by atoms with van der Waals surface area (Å²) < 4.78 is 12.2. The molecule has 6 nitrogen and oxygen atoms in total. The fourth-order valence-electron chi connectivity index (χ4n) is 4.81. The van der Waals surface area contributed by atoms with E-state index < -0.39 is 0 Å². The van der Waals surface area contributed by atoms with Gasteiger partial charge in [0.25, 0.3) is 0 Å². The highest BCUT2D eigenvalue weighted by atomic mass is 32.1. The van der Waals surface area contributed by atoms with Gasteiger partial charge >= 0.3 is 0 Å². The second kappa shape index (κ2) is 5.89. The molecule has 0 aromatic carbocycles. The molecule has 5 heterocycles. The highest BCUT2D eigenvalue weighted by Crippen LogP contribution is 2.47. The molecule has 2 aromatic heterocycles. The average Bonchev–Trinajstić information content (AvgIpc) is 3.33. The van der Waals surface area contributed by atoms with Crippen LogP contribution < -0.4 is 5.32 Å². The van der Waals surface area contributed by atoms with Crippen LogP contribution in [0.15, 0.2) is 21.9 Å². The molecule has 25 heavy (non-hydrogen) atoms. The van der Waals surface area contributed by atoms with Gasteiger partial charge in [-0.3, -0.25) is 4.90 Å². The molecule has 4 atom stereocenters. The van der Waals surface area contributed by atoms with E-state index in [-0.39, 0.29) is 24.2 Å². The minimum absolute atomic E-state index is 0.148. The van der Waals surface area contributed by atoms with Crippen molar-refractivity contribution in [1.29, 1.82) is 0 Å². The third kappa shape index (κ3) is 2.49. The van der Waals surface area contributed by atoms with E-state index in [4.69, 9.17) is 14.1 Å². The molecule has 1 spiro atoms. The molecular formula is C18H23N3O3S. The Kier molecular flexibility index (Phi) is 3.76. The summed E-state index contributed by atoms with van der Waals surface area (Å²) in [6.45, 7) is 6.53. The molecule has 5 rings (SSSR count). The van der Waals surface area contributed by atoms with Crippen molar-refractivity contribution < 1.29 is 14.3 Å². The molecule has 7 heteroatoms. The lowest BCUT2D eigenvalue weighted by molar-refractivity contribution is -0.0747. The van der Waals surface area contributed by atoms with E-state index in [2.05, 4.69) is 10.2 Å². The van der Waals surface area contributed by atoms with Crippen LogP contribution in [0, 0.1) is 18.8 Å². The van der Waals surface area contributed by atoms with Crippen LogP contribution >= 0.6 is 11.3 Å². The highest BCUT2D eigenvalue weighted by molar-refractivity contribution is 7.13. The van der Waals surface area contributed by atoms with E-state index >= 15 is 0 Å². The van der Waals surface area contributed by atoms with Gasteiger partial charge in [0.15, 0.2) is 0 Å². The number of morpholine rings is 1. The highest BCUT2D eigenvalue weighted by Gasteiger charge is 2.60. The predicted molar refractivity (Wildman–Crippen MR) is 94.4 cm³/mol. The Balaban J connectivity index is 1.35. The van der Waals surface area contributed by atoms with Gasteiger partial charge < -0.3 is 19.6 Å². The summed E-state index contributed by atoms with van der Waals surface area (Å²) in [6, 6.07) is 4.05. The lowest BCUT2D eigenvalue weighted by atomic mass is 9.83. The normalized spacial score (nSPS) is 34.6. The molecule has 0 unspecified atom stereocenters. The van der Waals surface area contributed by atoms with Crippen molar-refractivity contribution in [1.82, 2.24) is 15.2 Å². The topological polar surface area (TPSA) is 70.8 Å². The molecule has 0 amide bonds. The monoisotopic (exact) mass is 361 g/mol. The Morgan fingerprint density at radius 1 is 1.52 bits per heavy atom. The van der Waals surface area contributed by atoms with Gasteiger partial charge in [-0.25, -0.2) is 4.98 Å². The van der Waals surface area contributed by atoms with Crippen LogP contribution in [0.1, 0.15) is 11.5 Å². The number of aryl methyl sites for hydroxylation is 1. The largest absolute Gasteiger partial charge is 0.440 e. The fraction of sp³-hybridized carbons (Fsp3) is 0.611. The standard InChI is InChI=1S/C18H23N3O3S/c1-11-14(20-17(23-11)16-3-2-4-25-16)7-21-6-13-12(8-22)15-5-19-9-18(13,10-21)24-15/h2-4,12-13,15,19,22H,5-10H2,1H3/t12-,13+,15+,18+/m0/s1. The van der Waals surface area contributed by atoms with Gasteiger partial charge in [-0.05, 0) is 18.4 Å². The van der Waals surface area contributed by atoms with Gasteiger partial charge in [-0.1, -0.05) is 6.07 Å². The molecule has 0 saturated carbocycles. The number of aliphatic hydroxyl groups is 1. The van der Waals surface area contributed by atoms with Crippen LogP contribution in [0.3, 0.4) is 0 Å². The minimum Gasteiger partial charge on any atom is -0.440 e. The van der Waals surface area contributed by atoms with Crippen LogP contribution in [0.2, 0.25) is 0 Å². The predicted octanol–water partition coefficient (Wildman–Crippen LogP) is 1.49. The maximum Gasteiger partial charge on any atom is 0.236 e. The van der Waals surface area contributed by atoms with Gasteiger partial charge in [0, 0.05) is 51.2 Å². The molecule has 2 aromatic rings. The zero-order valence-corrected chi connectivity index (χ0v) is 15.1. The van der Waals surface area contributed by atoms with Gasteiger partial charge in [0.05, 0.1) is 22.3 Å². The number of nitrogens with zero attached hydrogens (tertiary/aromatic N) is 2. The fourth-order valence-corrected chi connectivity index (χ4v) is 5.46. The molecule has 3 aliphatic heterocycles. The number of aliphatic hydroxyl groups excluding tert-OH is 1. The Labute approximate surface area is 150 Å². The molecule has 3 fully saturated rings. The molecule has 3 saturated heterocycles. The van der Waals surface area contributed by atoms with Crippen LogP contribution in [0.4, 0.5) is 0 Å². The lowest BCUT2D eigenvalue weighted by Crippen LogP contribution is -2.52. The maximum atomic E-state index is 9.83. The van der Waals surface area contributed by atoms with Gasteiger partial charge in [0.2, 0.25) is 5.89 Å². The zero-order valence-electron chi connectivity index (χ0n) is 14.3. The van der Waals surface area contributed by atoms with Crippen molar-refractivity contribution in [3.05, 3.63) is 29.0 Å². The van der Waals surface area contributed by atoms with Gasteiger partial charge in [-0.2, -0.15) is 0 Å². The maximum absolute atomic E-state index is 9.83. The first-order chi connectivity index (χ1) is 12.2. The number of hydrogen-bond donors (Lipinski definition) is 2. The zero-order chi connectivity index (χ0) is 17.0. The summed E-state index contributed by atoms with van der Waals surface area (Å²) in [5, 5.41) is 15.4. The van der Waals surface area contributed by atoms with E-state index in [1.807, 2.05) is 24.4 Å². The third-order valence-electron chi connectivity index (χ3n) is 5.98. The Bertz CT molecular complexity index is 762. The number of aromatic nitrogens is 1. The third-order valence-corrected chi connectivity index (χ3v) is 6.84. The summed E-state index contributed by atoms with van der Waals surface area (Å²) in [5.74, 6) is 2.22. The Hall–Kier alpha value is -1.25. The number of thiophene rings is 1. The Morgan fingerprint density at radius 3 is 3.24 bits per heavy atom. The van der Waals surface area contributed by atoms with Gasteiger partial charge in [-0.15, -0.1) is 11.3 Å². The molecular weight excluding hydrogens is 338 g/mol. The molecule has 134 valence electrons. The number of oxazole rings is 1. The second-order valence-electron chi connectivity index (χ2n) is 7.47. The van der Waals surface area contributed by atoms with Gasteiger partial charge in [0.1, 0.15) is 5.76 Å². The van der Waals surface area contributed by atoms with Crippen molar-refractivity contribution in [2.24, 2.45) is 11.8 Å². The summed E-state index contributed by atoms with van der Waals surface area (Å²) in [5.41, 5.74) is 0.852. The summed E-state index contributed by atoms with van der Waals surface area (Å²) in [6.07, 6.45) is 0.158. The number of rotatable bonds is 4. The van der Waals surface area contributed by atoms with Crippen molar-refractivity contribution >= 4 is 11.3 Å². The quantitative estimate of drug-likeness (QED) is 0.860. The Morgan fingerprint density at radius 2 is 2.44 bits per heavy atom. The van der Waals surface area contributed by atoms with Crippen LogP contribution in [-0.4, -0.2) is 59.5 Å². The first kappa shape index (κ1) is 16.0. The van der Waals surface area contributed by atoms with Crippen molar-refractivity contribution in [2.75, 3.05) is 32.8 Å². The number of nitrogens with one attached hydrogen (secondary N) is 1. The number of fused-ring (bicyclic) bond motifs is 1. The first-order valence-corrected chi connectivity index (χ1v) is 9.78. The number of ether oxygens (including phenoxy) is 1. The van der Waals surface area contributed by atoms with E-state index in [9.17, 15) is 5.11 Å². The first-order valence-electron chi connectivity index (χ1n) is 8.90. The number of hydrogen-bond acceptors (Lipinski definition) is 7. The molecule has 0 aliphatic carbocycles. The van der Waals surface area contributed by atoms with Crippen LogP contribution in [0.25, 0.3) is 10.8 Å². The van der Waals surface area contributed by atoms with Crippen molar-refractivity contribution in [3.8, 4) is 10.8 Å². The number of likely N-dealkylation sites (tertiary alicyclic amines) is 1. The minimum atomic E-state index is -0.148. The molecule has 3 aliphatic rings. The SMILES string of the molecule is Cc1oc(-c2cccs2)nc1CN1C[C@@H]2[C@H](CO)[C@H]3CNC[C@]2(C1)O3. The molecule has 0 radical (unpaired) electrons. The van der Waals surface area contributed by atoms with E-state index in [0.29, 0.717) is 11.8 Å². The lowest BCUT2D eigenvalue weighted by Gasteiger charge is -2.34. The average molecular weight is 361 g/mol.